The fraction of sp³-hybridized carbons (Fsp3) is 0. The van der Waals surface area contributed by atoms with E-state index in [2.05, 4.69) is 204 Å². The number of anilines is 3. The van der Waals surface area contributed by atoms with Gasteiger partial charge in [-0.25, -0.2) is 0 Å². The Labute approximate surface area is 280 Å². The summed E-state index contributed by atoms with van der Waals surface area (Å²) < 4.78 is 2.42. The van der Waals surface area contributed by atoms with Crippen LogP contribution in [0.4, 0.5) is 17.1 Å². The Bertz CT molecular complexity index is 2550. The molecule has 8 aromatic carbocycles. The van der Waals surface area contributed by atoms with Gasteiger partial charge in [0.05, 0.1) is 16.7 Å². The van der Waals surface area contributed by atoms with E-state index in [-0.39, 0.29) is 0 Å². The van der Waals surface area contributed by atoms with Crippen LogP contribution in [0.5, 0.6) is 0 Å². The van der Waals surface area contributed by atoms with Crippen LogP contribution >= 0.6 is 0 Å². The standard InChI is InChI=1S/C46H32N2/c1-3-13-33(14-4-1)35-23-27-39(28-24-35)47(38-17-5-2-6-18-38)44-21-11-9-19-41(44)37-26-30-43-42-20-10-12-22-45(42)48(46(43)32-37)40-29-25-34-15-7-8-16-36(34)31-40/h1-32H. The molecule has 0 saturated heterocycles. The van der Waals surface area contributed by atoms with Crippen molar-refractivity contribution in [2.75, 3.05) is 4.90 Å². The second-order valence-corrected chi connectivity index (χ2v) is 12.2. The quantitative estimate of drug-likeness (QED) is 0.181. The van der Waals surface area contributed by atoms with Crippen molar-refractivity contribution >= 4 is 49.6 Å². The molecule has 0 amide bonds. The van der Waals surface area contributed by atoms with Crippen LogP contribution in [0, 0.1) is 0 Å². The number of aromatic nitrogens is 1. The van der Waals surface area contributed by atoms with Gasteiger partial charge in [0.2, 0.25) is 0 Å². The number of nitrogens with zero attached hydrogens (tertiary/aromatic N) is 2. The average Bonchev–Trinajstić information content (AvgIpc) is 3.50. The van der Waals surface area contributed by atoms with Crippen LogP contribution < -0.4 is 4.90 Å². The van der Waals surface area contributed by atoms with Crippen LogP contribution in [-0.4, -0.2) is 4.57 Å². The van der Waals surface area contributed by atoms with E-state index in [4.69, 9.17) is 0 Å². The van der Waals surface area contributed by atoms with E-state index in [1.807, 2.05) is 0 Å². The summed E-state index contributed by atoms with van der Waals surface area (Å²) in [7, 11) is 0. The Morgan fingerprint density at radius 3 is 1.79 bits per heavy atom. The summed E-state index contributed by atoms with van der Waals surface area (Å²) in [6.45, 7) is 0. The number of hydrogen-bond acceptors (Lipinski definition) is 1. The molecular formula is C46H32N2. The van der Waals surface area contributed by atoms with E-state index in [9.17, 15) is 0 Å². The second kappa shape index (κ2) is 11.8. The zero-order valence-corrected chi connectivity index (χ0v) is 26.4. The Balaban J connectivity index is 1.23. The van der Waals surface area contributed by atoms with Gasteiger partial charge >= 0.3 is 0 Å². The lowest BCUT2D eigenvalue weighted by Crippen LogP contribution is -2.11. The fourth-order valence-electron chi connectivity index (χ4n) is 7.08. The highest BCUT2D eigenvalue weighted by Gasteiger charge is 2.19. The van der Waals surface area contributed by atoms with E-state index in [1.54, 1.807) is 0 Å². The fourth-order valence-corrected chi connectivity index (χ4v) is 7.08. The maximum Gasteiger partial charge on any atom is 0.0547 e. The molecule has 0 spiro atoms. The lowest BCUT2D eigenvalue weighted by Gasteiger charge is -2.28. The summed E-state index contributed by atoms with van der Waals surface area (Å²) in [4.78, 5) is 2.37. The highest BCUT2D eigenvalue weighted by atomic mass is 15.1. The van der Waals surface area contributed by atoms with Crippen molar-refractivity contribution in [2.24, 2.45) is 0 Å². The van der Waals surface area contributed by atoms with Crippen LogP contribution in [0.25, 0.3) is 60.5 Å². The van der Waals surface area contributed by atoms with Crippen molar-refractivity contribution < 1.29 is 0 Å². The molecule has 1 aromatic heterocycles. The Kier molecular flexibility index (Phi) is 6.84. The SMILES string of the molecule is c1ccc(-c2ccc(N(c3ccccc3)c3ccccc3-c3ccc4c5ccccc5n(-c5ccc6ccccc6c5)c4c3)cc2)cc1. The molecule has 9 rings (SSSR count). The molecular weight excluding hydrogens is 581 g/mol. The minimum absolute atomic E-state index is 1.11. The van der Waals surface area contributed by atoms with Crippen LogP contribution in [-0.2, 0) is 0 Å². The summed E-state index contributed by atoms with van der Waals surface area (Å²) in [6, 6.07) is 69.9. The summed E-state index contributed by atoms with van der Waals surface area (Å²) in [5.74, 6) is 0. The van der Waals surface area contributed by atoms with Gasteiger partial charge in [0, 0.05) is 33.4 Å². The highest BCUT2D eigenvalue weighted by Crippen LogP contribution is 2.43. The molecule has 0 atom stereocenters. The molecule has 2 heteroatoms. The Morgan fingerprint density at radius 2 is 0.958 bits per heavy atom. The minimum Gasteiger partial charge on any atom is -0.310 e. The molecule has 0 aliphatic heterocycles. The molecule has 9 aromatic rings. The molecule has 0 aliphatic carbocycles. The van der Waals surface area contributed by atoms with E-state index in [0.29, 0.717) is 0 Å². The molecule has 0 bridgehead atoms. The Hall–Kier alpha value is -6.38. The molecule has 0 aliphatic rings. The average molecular weight is 613 g/mol. The highest BCUT2D eigenvalue weighted by molar-refractivity contribution is 6.10. The summed E-state index contributed by atoms with van der Waals surface area (Å²) in [5, 5.41) is 4.98. The van der Waals surface area contributed by atoms with Crippen molar-refractivity contribution in [3.8, 4) is 27.9 Å². The smallest absolute Gasteiger partial charge is 0.0547 e. The van der Waals surface area contributed by atoms with Crippen LogP contribution in [0.15, 0.2) is 194 Å². The van der Waals surface area contributed by atoms with E-state index in [1.165, 1.54) is 54.8 Å². The van der Waals surface area contributed by atoms with Gasteiger partial charge in [-0.3, -0.25) is 0 Å². The number of rotatable bonds is 6. The molecule has 0 unspecified atom stereocenters. The van der Waals surface area contributed by atoms with Gasteiger partial charge in [-0.1, -0.05) is 140 Å². The van der Waals surface area contributed by atoms with Gasteiger partial charge in [0.1, 0.15) is 0 Å². The van der Waals surface area contributed by atoms with Gasteiger partial charge in [-0.05, 0) is 82.1 Å². The zero-order valence-electron chi connectivity index (χ0n) is 26.4. The van der Waals surface area contributed by atoms with Gasteiger partial charge in [0.15, 0.2) is 0 Å². The molecule has 2 nitrogen and oxygen atoms in total. The Morgan fingerprint density at radius 1 is 0.354 bits per heavy atom. The monoisotopic (exact) mass is 612 g/mol. The molecule has 0 saturated carbocycles. The zero-order chi connectivity index (χ0) is 31.9. The first-order valence-electron chi connectivity index (χ1n) is 16.4. The first-order valence-corrected chi connectivity index (χ1v) is 16.4. The van der Waals surface area contributed by atoms with Crippen molar-refractivity contribution in [3.05, 3.63) is 194 Å². The minimum atomic E-state index is 1.11. The lowest BCUT2D eigenvalue weighted by atomic mass is 9.99. The summed E-state index contributed by atoms with van der Waals surface area (Å²) in [6.07, 6.45) is 0. The first kappa shape index (κ1) is 27.9. The molecule has 1 heterocycles. The van der Waals surface area contributed by atoms with E-state index in [0.717, 1.165) is 22.7 Å². The topological polar surface area (TPSA) is 8.17 Å². The van der Waals surface area contributed by atoms with Gasteiger partial charge in [-0.2, -0.15) is 0 Å². The van der Waals surface area contributed by atoms with E-state index < -0.39 is 0 Å². The number of hydrogen-bond donors (Lipinski definition) is 0. The van der Waals surface area contributed by atoms with E-state index >= 15 is 0 Å². The third kappa shape index (κ3) is 4.83. The molecule has 0 radical (unpaired) electrons. The van der Waals surface area contributed by atoms with Crippen LogP contribution in [0.3, 0.4) is 0 Å². The van der Waals surface area contributed by atoms with Crippen molar-refractivity contribution in [3.63, 3.8) is 0 Å². The maximum atomic E-state index is 2.42. The lowest BCUT2D eigenvalue weighted by molar-refractivity contribution is 1.19. The normalized spacial score (nSPS) is 11.3. The molecule has 48 heavy (non-hydrogen) atoms. The third-order valence-electron chi connectivity index (χ3n) is 9.37. The number of benzene rings is 8. The number of fused-ring (bicyclic) bond motifs is 4. The molecule has 0 fully saturated rings. The van der Waals surface area contributed by atoms with Crippen molar-refractivity contribution in [1.82, 2.24) is 4.57 Å². The maximum absolute atomic E-state index is 2.42. The van der Waals surface area contributed by atoms with Gasteiger partial charge in [0.25, 0.3) is 0 Å². The first-order chi connectivity index (χ1) is 23.8. The van der Waals surface area contributed by atoms with Crippen LogP contribution in [0.2, 0.25) is 0 Å². The van der Waals surface area contributed by atoms with Crippen molar-refractivity contribution in [1.29, 1.82) is 0 Å². The molecule has 0 N–H and O–H groups in total. The summed E-state index contributed by atoms with van der Waals surface area (Å²) in [5.41, 5.74) is 11.7. The summed E-state index contributed by atoms with van der Waals surface area (Å²) >= 11 is 0. The molecule has 226 valence electrons. The third-order valence-corrected chi connectivity index (χ3v) is 9.37. The largest absolute Gasteiger partial charge is 0.310 e. The second-order valence-electron chi connectivity index (χ2n) is 12.2. The van der Waals surface area contributed by atoms with Crippen molar-refractivity contribution in [2.45, 2.75) is 0 Å². The number of para-hydroxylation sites is 3. The predicted octanol–water partition coefficient (Wildman–Crippen LogP) is 12.7. The van der Waals surface area contributed by atoms with Crippen LogP contribution in [0.1, 0.15) is 0 Å². The predicted molar refractivity (Wildman–Crippen MR) is 204 cm³/mol. The van der Waals surface area contributed by atoms with Gasteiger partial charge in [-0.15, -0.1) is 0 Å². The van der Waals surface area contributed by atoms with Gasteiger partial charge < -0.3 is 9.47 Å².